The quantitative estimate of drug-likeness (QED) is 0.878. The Bertz CT molecular complexity index is 530. The van der Waals surface area contributed by atoms with Crippen molar-refractivity contribution >= 4 is 5.82 Å². The van der Waals surface area contributed by atoms with Gasteiger partial charge in [0, 0.05) is 31.0 Å². The number of hydrogen-bond donors (Lipinski definition) is 1. The molecular weight excluding hydrogens is 214 g/mol. The molecule has 0 radical (unpaired) electrons. The van der Waals surface area contributed by atoms with Crippen molar-refractivity contribution in [2.24, 2.45) is 0 Å². The van der Waals surface area contributed by atoms with Gasteiger partial charge in [0.15, 0.2) is 5.82 Å². The molecule has 0 spiro atoms. The molecule has 2 aromatic rings. The van der Waals surface area contributed by atoms with Gasteiger partial charge in [-0.15, -0.1) is 0 Å². The largest absolute Gasteiger partial charge is 0.373 e. The monoisotopic (exact) mass is 231 g/mol. The lowest BCUT2D eigenvalue weighted by molar-refractivity contribution is 0.663. The van der Waals surface area contributed by atoms with Crippen molar-refractivity contribution in [3.8, 4) is 11.5 Å². The fourth-order valence-electron chi connectivity index (χ4n) is 1.76. The number of anilines is 1. The predicted molar refractivity (Wildman–Crippen MR) is 67.9 cm³/mol. The maximum atomic E-state index is 4.52. The van der Waals surface area contributed by atoms with E-state index >= 15 is 0 Å². The van der Waals surface area contributed by atoms with Gasteiger partial charge in [-0.1, -0.05) is 0 Å². The molecule has 2 heterocycles. The topological polar surface area (TPSA) is 55.6 Å². The first-order valence-corrected chi connectivity index (χ1v) is 5.72. The molecule has 17 heavy (non-hydrogen) atoms. The number of rotatable bonds is 3. The molecule has 0 saturated heterocycles. The lowest BCUT2D eigenvalue weighted by Gasteiger charge is -2.10. The Morgan fingerprint density at radius 2 is 2.06 bits per heavy atom. The summed E-state index contributed by atoms with van der Waals surface area (Å²) in [6.45, 7) is 6.88. The molecule has 0 unspecified atom stereocenters. The lowest BCUT2D eigenvalue weighted by Crippen LogP contribution is -2.06. The van der Waals surface area contributed by atoms with E-state index < -0.39 is 0 Å². The van der Waals surface area contributed by atoms with Crippen LogP contribution in [-0.4, -0.2) is 26.8 Å². The van der Waals surface area contributed by atoms with Crippen molar-refractivity contribution in [2.75, 3.05) is 12.4 Å². The van der Waals surface area contributed by atoms with Crippen molar-refractivity contribution in [2.45, 2.75) is 27.3 Å². The van der Waals surface area contributed by atoms with Gasteiger partial charge in [0.2, 0.25) is 0 Å². The molecule has 0 saturated carbocycles. The Morgan fingerprint density at radius 1 is 1.29 bits per heavy atom. The zero-order valence-electron chi connectivity index (χ0n) is 10.7. The first kappa shape index (κ1) is 11.6. The van der Waals surface area contributed by atoms with Crippen LogP contribution >= 0.6 is 0 Å². The van der Waals surface area contributed by atoms with E-state index in [1.807, 2.05) is 31.6 Å². The minimum absolute atomic E-state index is 0.719. The average molecular weight is 231 g/mol. The number of aromatic nitrogens is 4. The molecule has 1 N–H and O–H groups in total. The third-order valence-corrected chi connectivity index (χ3v) is 2.87. The molecule has 0 bridgehead atoms. The standard InChI is InChI=1S/C12H17N5/c1-5-17-10(6-7-14-17)12-15-9(3)8(2)11(13-4)16-12/h6-7H,5H2,1-4H3,(H,13,15,16). The second-order valence-corrected chi connectivity index (χ2v) is 3.89. The lowest BCUT2D eigenvalue weighted by atomic mass is 10.2. The molecule has 2 rings (SSSR count). The van der Waals surface area contributed by atoms with Crippen LogP contribution in [0.3, 0.4) is 0 Å². The first-order valence-electron chi connectivity index (χ1n) is 5.72. The van der Waals surface area contributed by atoms with Crippen LogP contribution in [0, 0.1) is 13.8 Å². The molecule has 2 aromatic heterocycles. The van der Waals surface area contributed by atoms with Gasteiger partial charge >= 0.3 is 0 Å². The van der Waals surface area contributed by atoms with Gasteiger partial charge in [-0.05, 0) is 26.8 Å². The van der Waals surface area contributed by atoms with E-state index in [1.54, 1.807) is 6.20 Å². The zero-order chi connectivity index (χ0) is 12.4. The Morgan fingerprint density at radius 3 is 2.71 bits per heavy atom. The van der Waals surface area contributed by atoms with Crippen molar-refractivity contribution in [3.05, 3.63) is 23.5 Å². The van der Waals surface area contributed by atoms with Gasteiger partial charge in [0.1, 0.15) is 11.5 Å². The zero-order valence-corrected chi connectivity index (χ0v) is 10.7. The van der Waals surface area contributed by atoms with Gasteiger partial charge in [-0.3, -0.25) is 4.68 Å². The second kappa shape index (κ2) is 4.53. The van der Waals surface area contributed by atoms with Crippen LogP contribution in [-0.2, 0) is 6.54 Å². The fourth-order valence-corrected chi connectivity index (χ4v) is 1.76. The molecule has 0 amide bonds. The maximum absolute atomic E-state index is 4.52. The minimum atomic E-state index is 0.719. The second-order valence-electron chi connectivity index (χ2n) is 3.89. The minimum Gasteiger partial charge on any atom is -0.373 e. The highest BCUT2D eigenvalue weighted by Gasteiger charge is 2.11. The Hall–Kier alpha value is -1.91. The molecule has 5 heteroatoms. The first-order chi connectivity index (χ1) is 8.17. The summed E-state index contributed by atoms with van der Waals surface area (Å²) in [5, 5.41) is 7.33. The van der Waals surface area contributed by atoms with Crippen LogP contribution < -0.4 is 5.32 Å². The summed E-state index contributed by atoms with van der Waals surface area (Å²) < 4.78 is 1.89. The van der Waals surface area contributed by atoms with Crippen LogP contribution in [0.5, 0.6) is 0 Å². The van der Waals surface area contributed by atoms with Crippen LogP contribution in [0.2, 0.25) is 0 Å². The van der Waals surface area contributed by atoms with Gasteiger partial charge in [0.25, 0.3) is 0 Å². The van der Waals surface area contributed by atoms with Crippen LogP contribution in [0.15, 0.2) is 12.3 Å². The highest BCUT2D eigenvalue weighted by molar-refractivity contribution is 5.56. The third-order valence-electron chi connectivity index (χ3n) is 2.87. The van der Waals surface area contributed by atoms with E-state index in [0.717, 1.165) is 35.1 Å². The van der Waals surface area contributed by atoms with Crippen LogP contribution in [0.4, 0.5) is 5.82 Å². The van der Waals surface area contributed by atoms with E-state index in [4.69, 9.17) is 0 Å². The van der Waals surface area contributed by atoms with Crippen molar-refractivity contribution in [3.63, 3.8) is 0 Å². The summed E-state index contributed by atoms with van der Waals surface area (Å²) in [5.74, 6) is 1.59. The van der Waals surface area contributed by atoms with E-state index in [2.05, 4.69) is 27.3 Å². The molecule has 0 fully saturated rings. The summed E-state index contributed by atoms with van der Waals surface area (Å²) in [6.07, 6.45) is 1.77. The molecule has 0 aromatic carbocycles. The molecule has 0 aliphatic rings. The molecule has 5 nitrogen and oxygen atoms in total. The Labute approximate surface area is 101 Å². The summed E-state index contributed by atoms with van der Waals surface area (Å²) in [7, 11) is 1.87. The number of nitrogens with zero attached hydrogens (tertiary/aromatic N) is 4. The SMILES string of the molecule is CCn1nccc1-c1nc(C)c(C)c(NC)n1. The summed E-state index contributed by atoms with van der Waals surface area (Å²) >= 11 is 0. The summed E-state index contributed by atoms with van der Waals surface area (Å²) in [6, 6.07) is 1.94. The molecule has 0 atom stereocenters. The number of hydrogen-bond acceptors (Lipinski definition) is 4. The smallest absolute Gasteiger partial charge is 0.180 e. The summed E-state index contributed by atoms with van der Waals surface area (Å²) in [5.41, 5.74) is 3.02. The van der Waals surface area contributed by atoms with Crippen molar-refractivity contribution < 1.29 is 0 Å². The highest BCUT2D eigenvalue weighted by Crippen LogP contribution is 2.20. The van der Waals surface area contributed by atoms with Crippen LogP contribution in [0.1, 0.15) is 18.2 Å². The van der Waals surface area contributed by atoms with Gasteiger partial charge < -0.3 is 5.32 Å². The maximum Gasteiger partial charge on any atom is 0.180 e. The number of aryl methyl sites for hydroxylation is 2. The normalized spacial score (nSPS) is 10.6. The van der Waals surface area contributed by atoms with Gasteiger partial charge in [0.05, 0.1) is 0 Å². The fraction of sp³-hybridized carbons (Fsp3) is 0.417. The van der Waals surface area contributed by atoms with Gasteiger partial charge in [-0.2, -0.15) is 5.10 Å². The van der Waals surface area contributed by atoms with E-state index in [-0.39, 0.29) is 0 Å². The van der Waals surface area contributed by atoms with Gasteiger partial charge in [-0.25, -0.2) is 9.97 Å². The molecule has 90 valence electrons. The highest BCUT2D eigenvalue weighted by atomic mass is 15.3. The summed E-state index contributed by atoms with van der Waals surface area (Å²) in [4.78, 5) is 9.04. The average Bonchev–Trinajstić information content (AvgIpc) is 2.80. The third kappa shape index (κ3) is 2.00. The van der Waals surface area contributed by atoms with E-state index in [9.17, 15) is 0 Å². The molecule has 0 aliphatic carbocycles. The number of nitrogens with one attached hydrogen (secondary N) is 1. The Kier molecular flexibility index (Phi) is 3.08. The van der Waals surface area contributed by atoms with Crippen LogP contribution in [0.25, 0.3) is 11.5 Å². The predicted octanol–water partition coefficient (Wildman–Crippen LogP) is 2.02. The van der Waals surface area contributed by atoms with Crippen molar-refractivity contribution in [1.29, 1.82) is 0 Å². The Balaban J connectivity index is 2.57. The van der Waals surface area contributed by atoms with Crippen molar-refractivity contribution in [1.82, 2.24) is 19.7 Å². The molecular formula is C12H17N5. The molecule has 0 aliphatic heterocycles. The van der Waals surface area contributed by atoms with E-state index in [0.29, 0.717) is 0 Å². The van der Waals surface area contributed by atoms with E-state index in [1.165, 1.54) is 0 Å².